The molecule has 0 amide bonds. The van der Waals surface area contributed by atoms with Gasteiger partial charge >= 0.3 is 0 Å². The van der Waals surface area contributed by atoms with Crippen LogP contribution in [0.2, 0.25) is 5.15 Å². The molecule has 1 aromatic carbocycles. The molecule has 0 atom stereocenters. The quantitative estimate of drug-likeness (QED) is 0.659. The molecule has 0 aliphatic carbocycles. The molecule has 0 bridgehead atoms. The monoisotopic (exact) mass is 273 g/mol. The normalized spacial score (nSPS) is 10.9. The van der Waals surface area contributed by atoms with Crippen LogP contribution in [0.3, 0.4) is 0 Å². The lowest BCUT2D eigenvalue weighted by molar-refractivity contribution is 0.639. The van der Waals surface area contributed by atoms with E-state index in [1.807, 2.05) is 0 Å². The van der Waals surface area contributed by atoms with Gasteiger partial charge in [-0.1, -0.05) is 27.5 Å². The topological polar surface area (TPSA) is 12.9 Å². The Bertz CT molecular complexity index is 513. The summed E-state index contributed by atoms with van der Waals surface area (Å²) >= 11 is 9.25. The summed E-state index contributed by atoms with van der Waals surface area (Å²) in [5.74, 6) is -0.282. The van der Waals surface area contributed by atoms with E-state index in [1.54, 1.807) is 19.1 Å². The Kier molecular flexibility index (Phi) is 2.45. The van der Waals surface area contributed by atoms with Crippen LogP contribution in [-0.2, 0) is 0 Å². The van der Waals surface area contributed by atoms with Crippen LogP contribution in [0.4, 0.5) is 4.39 Å². The minimum Gasteiger partial charge on any atom is -0.241 e. The highest BCUT2D eigenvalue weighted by Crippen LogP contribution is 2.31. The lowest BCUT2D eigenvalue weighted by Gasteiger charge is -2.04. The average molecular weight is 275 g/mol. The van der Waals surface area contributed by atoms with Crippen molar-refractivity contribution < 1.29 is 4.39 Å². The van der Waals surface area contributed by atoms with Gasteiger partial charge in [0.1, 0.15) is 11.0 Å². The van der Waals surface area contributed by atoms with Crippen molar-refractivity contribution in [2.24, 2.45) is 0 Å². The average Bonchev–Trinajstić information content (AvgIpc) is 2.10. The van der Waals surface area contributed by atoms with E-state index < -0.39 is 0 Å². The standard InChI is InChI=1S/C10H6BrClFN/c1-5-4-6-8(13)3-2-7(11)9(6)10(12)14-5/h2-4H,1H3. The fourth-order valence-electron chi connectivity index (χ4n) is 1.37. The molecule has 1 nitrogen and oxygen atoms in total. The van der Waals surface area contributed by atoms with E-state index in [0.717, 1.165) is 4.47 Å². The summed E-state index contributed by atoms with van der Waals surface area (Å²) in [5.41, 5.74) is 0.708. The van der Waals surface area contributed by atoms with Crippen LogP contribution in [0.25, 0.3) is 10.8 Å². The van der Waals surface area contributed by atoms with Gasteiger partial charge in [-0.15, -0.1) is 0 Å². The van der Waals surface area contributed by atoms with E-state index in [1.165, 1.54) is 6.07 Å². The van der Waals surface area contributed by atoms with Gasteiger partial charge in [0.05, 0.1) is 0 Å². The first-order chi connectivity index (χ1) is 6.59. The van der Waals surface area contributed by atoms with Gasteiger partial charge in [0.2, 0.25) is 0 Å². The second-order valence-corrected chi connectivity index (χ2v) is 4.22. The summed E-state index contributed by atoms with van der Waals surface area (Å²) < 4.78 is 14.2. The highest BCUT2D eigenvalue weighted by molar-refractivity contribution is 9.10. The molecule has 0 saturated carbocycles. The smallest absolute Gasteiger partial charge is 0.138 e. The Balaban J connectivity index is 3.00. The molecule has 1 aromatic heterocycles. The van der Waals surface area contributed by atoms with E-state index >= 15 is 0 Å². The number of pyridine rings is 1. The number of aryl methyl sites for hydroxylation is 1. The van der Waals surface area contributed by atoms with Crippen molar-refractivity contribution in [2.45, 2.75) is 6.92 Å². The molecular weight excluding hydrogens is 268 g/mol. The number of halogens is 3. The van der Waals surface area contributed by atoms with Crippen molar-refractivity contribution in [3.63, 3.8) is 0 Å². The lowest BCUT2D eigenvalue weighted by Crippen LogP contribution is -1.88. The molecule has 0 N–H and O–H groups in total. The summed E-state index contributed by atoms with van der Waals surface area (Å²) in [6, 6.07) is 4.71. The lowest BCUT2D eigenvalue weighted by atomic mass is 10.1. The van der Waals surface area contributed by atoms with Gasteiger partial charge in [0, 0.05) is 20.9 Å². The summed E-state index contributed by atoms with van der Waals surface area (Å²) in [7, 11) is 0. The van der Waals surface area contributed by atoms with Gasteiger partial charge in [-0.2, -0.15) is 0 Å². The number of fused-ring (bicyclic) bond motifs is 1. The number of nitrogens with zero attached hydrogens (tertiary/aromatic N) is 1. The highest BCUT2D eigenvalue weighted by atomic mass is 79.9. The maximum atomic E-state index is 13.4. The Hall–Kier alpha value is -0.670. The van der Waals surface area contributed by atoms with Crippen LogP contribution in [-0.4, -0.2) is 4.98 Å². The van der Waals surface area contributed by atoms with Gasteiger partial charge in [0.25, 0.3) is 0 Å². The first-order valence-electron chi connectivity index (χ1n) is 4.00. The van der Waals surface area contributed by atoms with Gasteiger partial charge in [-0.05, 0) is 25.1 Å². The molecule has 72 valence electrons. The first-order valence-corrected chi connectivity index (χ1v) is 5.17. The van der Waals surface area contributed by atoms with Crippen molar-refractivity contribution in [1.29, 1.82) is 0 Å². The first kappa shape index (κ1) is 9.87. The van der Waals surface area contributed by atoms with Gasteiger partial charge < -0.3 is 0 Å². The zero-order valence-corrected chi connectivity index (χ0v) is 9.66. The molecule has 0 aliphatic rings. The molecular formula is C10H6BrClFN. The number of hydrogen-bond donors (Lipinski definition) is 0. The molecule has 1 heterocycles. The van der Waals surface area contributed by atoms with Crippen LogP contribution in [0.5, 0.6) is 0 Å². The molecule has 0 aliphatic heterocycles. The third-order valence-electron chi connectivity index (χ3n) is 1.98. The summed E-state index contributed by atoms with van der Waals surface area (Å²) in [6.45, 7) is 1.78. The van der Waals surface area contributed by atoms with Crippen LogP contribution in [0.1, 0.15) is 5.69 Å². The van der Waals surface area contributed by atoms with Crippen LogP contribution in [0, 0.1) is 12.7 Å². The third kappa shape index (κ3) is 1.51. The predicted molar refractivity (Wildman–Crippen MR) is 59.1 cm³/mol. The van der Waals surface area contributed by atoms with Crippen molar-refractivity contribution in [3.05, 3.63) is 39.3 Å². The summed E-state index contributed by atoms with van der Waals surface area (Å²) in [5, 5.41) is 1.44. The van der Waals surface area contributed by atoms with Gasteiger partial charge in [-0.3, -0.25) is 0 Å². The fourth-order valence-corrected chi connectivity index (χ4v) is 2.35. The second-order valence-electron chi connectivity index (χ2n) is 3.01. The molecule has 14 heavy (non-hydrogen) atoms. The summed E-state index contributed by atoms with van der Waals surface area (Å²) in [6.07, 6.45) is 0. The highest BCUT2D eigenvalue weighted by Gasteiger charge is 2.09. The maximum Gasteiger partial charge on any atom is 0.138 e. The van der Waals surface area contributed by atoms with Crippen LogP contribution < -0.4 is 0 Å². The van der Waals surface area contributed by atoms with Gasteiger partial charge in [-0.25, -0.2) is 9.37 Å². The molecule has 2 aromatic rings. The molecule has 0 radical (unpaired) electrons. The molecule has 0 unspecified atom stereocenters. The Labute approximate surface area is 94.0 Å². The van der Waals surface area contributed by atoms with Crippen LogP contribution in [0.15, 0.2) is 22.7 Å². The van der Waals surface area contributed by atoms with E-state index in [0.29, 0.717) is 21.6 Å². The Morgan fingerprint density at radius 1 is 1.43 bits per heavy atom. The zero-order valence-electron chi connectivity index (χ0n) is 7.31. The second kappa shape index (κ2) is 3.48. The Morgan fingerprint density at radius 3 is 2.86 bits per heavy atom. The van der Waals surface area contributed by atoms with Crippen molar-refractivity contribution in [2.75, 3.05) is 0 Å². The number of aromatic nitrogens is 1. The number of benzene rings is 1. The van der Waals surface area contributed by atoms with Crippen molar-refractivity contribution in [1.82, 2.24) is 4.98 Å². The van der Waals surface area contributed by atoms with Crippen molar-refractivity contribution in [3.8, 4) is 0 Å². The molecule has 0 spiro atoms. The number of rotatable bonds is 0. The van der Waals surface area contributed by atoms with Gasteiger partial charge in [0.15, 0.2) is 0 Å². The van der Waals surface area contributed by atoms with E-state index in [4.69, 9.17) is 11.6 Å². The molecule has 4 heteroatoms. The predicted octanol–water partition coefficient (Wildman–Crippen LogP) is 4.10. The van der Waals surface area contributed by atoms with E-state index in [9.17, 15) is 4.39 Å². The molecule has 2 rings (SSSR count). The maximum absolute atomic E-state index is 13.4. The largest absolute Gasteiger partial charge is 0.241 e. The minimum atomic E-state index is -0.282. The van der Waals surface area contributed by atoms with E-state index in [-0.39, 0.29) is 5.82 Å². The van der Waals surface area contributed by atoms with Crippen molar-refractivity contribution >= 4 is 38.3 Å². The molecule has 0 fully saturated rings. The van der Waals surface area contributed by atoms with Crippen LogP contribution >= 0.6 is 27.5 Å². The Morgan fingerprint density at radius 2 is 2.14 bits per heavy atom. The number of hydrogen-bond acceptors (Lipinski definition) is 1. The summed E-state index contributed by atoms with van der Waals surface area (Å²) in [4.78, 5) is 4.07. The fraction of sp³-hybridized carbons (Fsp3) is 0.100. The van der Waals surface area contributed by atoms with E-state index in [2.05, 4.69) is 20.9 Å². The SMILES string of the molecule is Cc1cc2c(F)ccc(Br)c2c(Cl)n1. The molecule has 0 saturated heterocycles. The minimum absolute atomic E-state index is 0.282. The third-order valence-corrected chi connectivity index (χ3v) is 2.91. The zero-order chi connectivity index (χ0) is 10.3.